The summed E-state index contributed by atoms with van der Waals surface area (Å²) in [5.41, 5.74) is 27.4. The molecule has 0 amide bonds. The van der Waals surface area contributed by atoms with E-state index >= 15 is 0 Å². The van der Waals surface area contributed by atoms with Crippen molar-refractivity contribution in [2.24, 2.45) is 0 Å². The molecule has 0 unspecified atom stereocenters. The Labute approximate surface area is 381 Å². The summed E-state index contributed by atoms with van der Waals surface area (Å²) in [6.07, 6.45) is 0. The number of fused-ring (bicyclic) bond motifs is 6. The summed E-state index contributed by atoms with van der Waals surface area (Å²) in [6, 6.07) is 48.5. The van der Waals surface area contributed by atoms with Gasteiger partial charge in [-0.25, -0.2) is 0 Å². The van der Waals surface area contributed by atoms with Crippen LogP contribution >= 0.6 is 0 Å². The third kappa shape index (κ3) is 6.33. The first-order chi connectivity index (χ1) is 30.4. The van der Waals surface area contributed by atoms with E-state index in [0.29, 0.717) is 0 Å². The van der Waals surface area contributed by atoms with Gasteiger partial charge in [-0.2, -0.15) is 0 Å². The van der Waals surface area contributed by atoms with Gasteiger partial charge in [0.25, 0.3) is 0 Å². The standard InChI is InChI=1S/C50H44B11NO/c51-37-33(26-18-16-24(17-19-26)23-8-2-1-3-9-23)38(52)46(60)49(45(37)59)62(48-36-35(40(54)44(58)47(48)61)39(53)42(56)43(57)41(36)55)28-12-6-11-27(22-28)29-14-7-15-32-34(29)31-21-20-25-10-4-5-13-30(25)50(31)63-32/h1-22H,51-61H2. The van der Waals surface area contributed by atoms with E-state index in [0.717, 1.165) is 38.6 Å². The second kappa shape index (κ2) is 15.6. The molecule has 10 rings (SSSR count). The summed E-state index contributed by atoms with van der Waals surface area (Å²) in [7, 11) is 25.6. The van der Waals surface area contributed by atoms with E-state index in [1.807, 2.05) is 0 Å². The van der Waals surface area contributed by atoms with Crippen LogP contribution in [0.5, 0.6) is 0 Å². The van der Waals surface area contributed by atoms with Gasteiger partial charge in [0.2, 0.25) is 0 Å². The van der Waals surface area contributed by atoms with E-state index in [1.165, 1.54) is 115 Å². The number of hydrogen-bond donors (Lipinski definition) is 0. The Morgan fingerprint density at radius 2 is 0.905 bits per heavy atom. The average Bonchev–Trinajstić information content (AvgIpc) is 3.71. The quantitative estimate of drug-likeness (QED) is 0.158. The Morgan fingerprint density at radius 1 is 0.349 bits per heavy atom. The highest BCUT2D eigenvalue weighted by Crippen LogP contribution is 2.42. The molecule has 0 bridgehead atoms. The number of benzene rings is 9. The average molecular weight is 794 g/mol. The zero-order valence-corrected chi connectivity index (χ0v) is 38.6. The molecular weight excluding hydrogens is 749 g/mol. The van der Waals surface area contributed by atoms with Crippen LogP contribution in [0.2, 0.25) is 0 Å². The van der Waals surface area contributed by atoms with E-state index in [1.54, 1.807) is 0 Å². The van der Waals surface area contributed by atoms with Crippen molar-refractivity contribution < 1.29 is 4.42 Å². The van der Waals surface area contributed by atoms with Gasteiger partial charge in [-0.1, -0.05) is 158 Å². The molecule has 0 radical (unpaired) electrons. The highest BCUT2D eigenvalue weighted by molar-refractivity contribution is 6.72. The van der Waals surface area contributed by atoms with Crippen molar-refractivity contribution in [2.45, 2.75) is 0 Å². The van der Waals surface area contributed by atoms with Crippen LogP contribution < -0.4 is 65.0 Å². The lowest BCUT2D eigenvalue weighted by atomic mass is 9.59. The summed E-state index contributed by atoms with van der Waals surface area (Å²) in [6.45, 7) is 0. The van der Waals surface area contributed by atoms with Crippen molar-refractivity contribution in [3.05, 3.63) is 133 Å². The van der Waals surface area contributed by atoms with Crippen LogP contribution in [0, 0.1) is 0 Å². The summed E-state index contributed by atoms with van der Waals surface area (Å²) in [5.74, 6) is 0. The monoisotopic (exact) mass is 795 g/mol. The molecule has 63 heavy (non-hydrogen) atoms. The van der Waals surface area contributed by atoms with E-state index in [-0.39, 0.29) is 0 Å². The second-order valence-corrected chi connectivity index (χ2v) is 18.0. The van der Waals surface area contributed by atoms with Crippen LogP contribution in [0.4, 0.5) is 17.1 Å². The van der Waals surface area contributed by atoms with Crippen molar-refractivity contribution in [2.75, 3.05) is 4.90 Å². The van der Waals surface area contributed by atoms with E-state index in [4.69, 9.17) is 4.42 Å². The molecule has 0 saturated heterocycles. The van der Waals surface area contributed by atoms with Crippen molar-refractivity contribution in [3.63, 3.8) is 0 Å². The van der Waals surface area contributed by atoms with E-state index in [9.17, 15) is 0 Å². The Kier molecular flexibility index (Phi) is 10.1. The Balaban J connectivity index is 1.25. The van der Waals surface area contributed by atoms with Crippen LogP contribution in [-0.4, -0.2) is 86.3 Å². The lowest BCUT2D eigenvalue weighted by Crippen LogP contribution is -2.53. The number of anilines is 3. The fourth-order valence-corrected chi connectivity index (χ4v) is 10.7. The highest BCUT2D eigenvalue weighted by atomic mass is 16.3. The molecule has 0 aliphatic carbocycles. The number of furan rings is 1. The van der Waals surface area contributed by atoms with Crippen molar-refractivity contribution >= 4 is 207 Å². The number of nitrogens with zero attached hydrogens (tertiary/aromatic N) is 1. The fourth-order valence-electron chi connectivity index (χ4n) is 10.7. The summed E-state index contributed by atoms with van der Waals surface area (Å²) in [5, 5.41) is 7.31. The molecule has 0 aliphatic rings. The molecule has 0 atom stereocenters. The number of hydrogen-bond acceptors (Lipinski definition) is 2. The molecule has 10 aromatic rings. The van der Waals surface area contributed by atoms with Gasteiger partial charge >= 0.3 is 0 Å². The van der Waals surface area contributed by atoms with Crippen LogP contribution in [0.1, 0.15) is 0 Å². The summed E-state index contributed by atoms with van der Waals surface area (Å²) in [4.78, 5) is 2.63. The molecule has 0 aliphatic heterocycles. The van der Waals surface area contributed by atoms with Crippen LogP contribution in [0.3, 0.4) is 0 Å². The van der Waals surface area contributed by atoms with Gasteiger partial charge in [-0.15, -0.1) is 10.9 Å². The van der Waals surface area contributed by atoms with E-state index < -0.39 is 0 Å². The molecule has 0 spiro atoms. The zero-order valence-electron chi connectivity index (χ0n) is 38.6. The molecule has 0 saturated carbocycles. The van der Waals surface area contributed by atoms with E-state index in [2.05, 4.69) is 225 Å². The van der Waals surface area contributed by atoms with Gasteiger partial charge in [0.1, 0.15) is 97.5 Å². The normalized spacial score (nSPS) is 11.6. The topological polar surface area (TPSA) is 16.4 Å². The maximum Gasteiger partial charge on any atom is 0.143 e. The van der Waals surface area contributed by atoms with Crippen molar-refractivity contribution in [3.8, 4) is 33.4 Å². The smallest absolute Gasteiger partial charge is 0.143 e. The minimum Gasteiger partial charge on any atom is -0.455 e. The molecule has 1 heterocycles. The molecule has 2 nitrogen and oxygen atoms in total. The molecule has 0 fully saturated rings. The second-order valence-electron chi connectivity index (χ2n) is 18.0. The van der Waals surface area contributed by atoms with Crippen molar-refractivity contribution in [1.82, 2.24) is 0 Å². The first-order valence-corrected chi connectivity index (χ1v) is 22.4. The Morgan fingerprint density at radius 3 is 1.60 bits per heavy atom. The van der Waals surface area contributed by atoms with Gasteiger partial charge < -0.3 is 9.32 Å². The van der Waals surface area contributed by atoms with Gasteiger partial charge in [-0.05, 0) is 73.8 Å². The first-order valence-electron chi connectivity index (χ1n) is 22.4. The summed E-state index contributed by atoms with van der Waals surface area (Å²) >= 11 is 0. The predicted octanol–water partition coefficient (Wildman–Crippen LogP) is -4.79. The van der Waals surface area contributed by atoms with Crippen molar-refractivity contribution in [1.29, 1.82) is 0 Å². The SMILES string of the molecule is Bc1c(B)c(N(c2cccc(-c3cccc4oc5c6ccccc6ccc5c34)c2)c2c(B)c(B)c(B)c3c(B)c(B)c(B)c(B)c23)c(B)c(B)c1-c1ccc(-c2ccccc2)cc1. The fraction of sp³-hybridized carbons (Fsp3) is 0. The van der Waals surface area contributed by atoms with Gasteiger partial charge in [0, 0.05) is 33.2 Å². The molecule has 13 heteroatoms. The van der Waals surface area contributed by atoms with Crippen LogP contribution in [-0.2, 0) is 0 Å². The van der Waals surface area contributed by atoms with Gasteiger partial charge in [0.05, 0.1) is 0 Å². The van der Waals surface area contributed by atoms with Crippen LogP contribution in [0.25, 0.3) is 76.9 Å². The molecule has 288 valence electrons. The zero-order chi connectivity index (χ0) is 44.0. The molecular formula is C50H44B11NO. The third-order valence-corrected chi connectivity index (χ3v) is 14.9. The lowest BCUT2D eigenvalue weighted by Gasteiger charge is -2.36. The maximum absolute atomic E-state index is 6.70. The Hall–Kier alpha value is -6.19. The molecule has 0 N–H and O–H groups in total. The minimum atomic E-state index is 0.902. The highest BCUT2D eigenvalue weighted by Gasteiger charge is 2.28. The largest absolute Gasteiger partial charge is 0.455 e. The van der Waals surface area contributed by atoms with Gasteiger partial charge in [0.15, 0.2) is 0 Å². The Bertz CT molecular complexity index is 3500. The summed E-state index contributed by atoms with van der Waals surface area (Å²) < 4.78 is 6.70. The first kappa shape index (κ1) is 40.9. The van der Waals surface area contributed by atoms with Gasteiger partial charge in [-0.3, -0.25) is 0 Å². The molecule has 1 aromatic heterocycles. The third-order valence-electron chi connectivity index (χ3n) is 14.9. The van der Waals surface area contributed by atoms with Crippen LogP contribution in [0.15, 0.2) is 138 Å². The number of rotatable bonds is 6. The lowest BCUT2D eigenvalue weighted by molar-refractivity contribution is 0.673. The predicted molar refractivity (Wildman–Crippen MR) is 310 cm³/mol. The minimum absolute atomic E-state index is 0.902. The maximum atomic E-state index is 6.70. The molecule has 9 aromatic carbocycles.